The van der Waals surface area contributed by atoms with Crippen LogP contribution in [0.4, 0.5) is 10.1 Å². The Labute approximate surface area is 125 Å². The zero-order valence-electron chi connectivity index (χ0n) is 10.9. The van der Waals surface area contributed by atoms with E-state index in [0.717, 1.165) is 10.0 Å². The summed E-state index contributed by atoms with van der Waals surface area (Å²) in [5, 5.41) is 22.3. The van der Waals surface area contributed by atoms with Crippen LogP contribution in [0.1, 0.15) is 24.9 Å². The van der Waals surface area contributed by atoms with Crippen molar-refractivity contribution in [3.8, 4) is 11.5 Å². The summed E-state index contributed by atoms with van der Waals surface area (Å²) in [6.45, 7) is 1.97. The van der Waals surface area contributed by atoms with Gasteiger partial charge in [0.15, 0.2) is 11.6 Å². The number of phenolic OH excluding ortho intramolecular Hbond substituents is 2. The Morgan fingerprint density at radius 3 is 2.50 bits per heavy atom. The third-order valence-electron chi connectivity index (χ3n) is 3.06. The summed E-state index contributed by atoms with van der Waals surface area (Å²) in [5.74, 6) is -0.871. The number of phenols is 2. The highest BCUT2D eigenvalue weighted by atomic mass is 79.9. The van der Waals surface area contributed by atoms with E-state index in [1.54, 1.807) is 18.2 Å². The average molecular weight is 340 g/mol. The van der Waals surface area contributed by atoms with Gasteiger partial charge in [-0.1, -0.05) is 22.9 Å². The summed E-state index contributed by atoms with van der Waals surface area (Å²) in [6, 6.07) is 9.16. The van der Waals surface area contributed by atoms with Gasteiger partial charge in [-0.15, -0.1) is 0 Å². The molecule has 0 aromatic heterocycles. The minimum atomic E-state index is -0.677. The Kier molecular flexibility index (Phi) is 4.49. The Morgan fingerprint density at radius 2 is 1.85 bits per heavy atom. The third-order valence-corrected chi connectivity index (χ3v) is 3.56. The molecule has 0 aliphatic heterocycles. The van der Waals surface area contributed by atoms with Crippen molar-refractivity contribution in [1.82, 2.24) is 0 Å². The Balaban J connectivity index is 2.28. The van der Waals surface area contributed by atoms with E-state index in [1.807, 2.05) is 13.0 Å². The number of nitrogens with one attached hydrogen (secondary N) is 1. The summed E-state index contributed by atoms with van der Waals surface area (Å²) in [7, 11) is 0. The number of benzene rings is 2. The molecule has 2 rings (SSSR count). The molecule has 0 saturated carbocycles. The van der Waals surface area contributed by atoms with Gasteiger partial charge in [0.25, 0.3) is 0 Å². The SMILES string of the molecule is CCC(Nc1ccc(O)c(F)c1)c1cc(Br)ccc1O. The van der Waals surface area contributed by atoms with Crippen molar-refractivity contribution in [2.75, 3.05) is 5.32 Å². The van der Waals surface area contributed by atoms with Crippen molar-refractivity contribution < 1.29 is 14.6 Å². The van der Waals surface area contributed by atoms with E-state index in [-0.39, 0.29) is 17.5 Å². The van der Waals surface area contributed by atoms with E-state index in [4.69, 9.17) is 0 Å². The zero-order chi connectivity index (χ0) is 14.7. The van der Waals surface area contributed by atoms with E-state index in [0.29, 0.717) is 12.1 Å². The van der Waals surface area contributed by atoms with Crippen LogP contribution in [0.15, 0.2) is 40.9 Å². The van der Waals surface area contributed by atoms with E-state index in [9.17, 15) is 14.6 Å². The molecule has 0 saturated heterocycles. The molecule has 0 heterocycles. The largest absolute Gasteiger partial charge is 0.508 e. The number of hydrogen-bond acceptors (Lipinski definition) is 3. The number of hydrogen-bond donors (Lipinski definition) is 3. The quantitative estimate of drug-likeness (QED) is 0.715. The minimum Gasteiger partial charge on any atom is -0.508 e. The Hall–Kier alpha value is -1.75. The lowest BCUT2D eigenvalue weighted by atomic mass is 10.0. The molecule has 0 fully saturated rings. The number of halogens is 2. The van der Waals surface area contributed by atoms with Crippen LogP contribution in [-0.4, -0.2) is 10.2 Å². The summed E-state index contributed by atoms with van der Waals surface area (Å²) >= 11 is 3.37. The van der Waals surface area contributed by atoms with Crippen molar-refractivity contribution in [1.29, 1.82) is 0 Å². The molecule has 0 aliphatic rings. The molecule has 2 aromatic carbocycles. The second-order valence-corrected chi connectivity index (χ2v) is 5.39. The molecule has 106 valence electrons. The number of anilines is 1. The highest BCUT2D eigenvalue weighted by Gasteiger charge is 2.14. The van der Waals surface area contributed by atoms with Gasteiger partial charge in [0.05, 0.1) is 6.04 Å². The third kappa shape index (κ3) is 3.22. The Bertz CT molecular complexity index is 619. The van der Waals surface area contributed by atoms with Crippen LogP contribution >= 0.6 is 15.9 Å². The summed E-state index contributed by atoms with van der Waals surface area (Å²) in [6.07, 6.45) is 0.715. The van der Waals surface area contributed by atoms with Gasteiger partial charge in [-0.25, -0.2) is 4.39 Å². The van der Waals surface area contributed by atoms with Gasteiger partial charge >= 0.3 is 0 Å². The molecule has 0 bridgehead atoms. The second-order valence-electron chi connectivity index (χ2n) is 4.47. The molecule has 3 nitrogen and oxygen atoms in total. The van der Waals surface area contributed by atoms with Crippen molar-refractivity contribution >= 4 is 21.6 Å². The van der Waals surface area contributed by atoms with E-state index < -0.39 is 5.82 Å². The first-order chi connectivity index (χ1) is 9.51. The van der Waals surface area contributed by atoms with Crippen molar-refractivity contribution in [3.63, 3.8) is 0 Å². The number of rotatable bonds is 4. The molecular formula is C15H15BrFNO2. The lowest BCUT2D eigenvalue weighted by Gasteiger charge is -2.20. The number of aromatic hydroxyl groups is 2. The maximum atomic E-state index is 13.3. The molecule has 0 aliphatic carbocycles. The highest BCUT2D eigenvalue weighted by Crippen LogP contribution is 2.32. The molecule has 2 aromatic rings. The molecular weight excluding hydrogens is 325 g/mol. The minimum absolute atomic E-state index is 0.156. The molecule has 20 heavy (non-hydrogen) atoms. The summed E-state index contributed by atoms with van der Waals surface area (Å²) in [5.41, 5.74) is 1.28. The fourth-order valence-corrected chi connectivity index (χ4v) is 2.38. The second kappa shape index (κ2) is 6.13. The van der Waals surface area contributed by atoms with Gasteiger partial charge in [-0.2, -0.15) is 0 Å². The zero-order valence-corrected chi connectivity index (χ0v) is 12.5. The van der Waals surface area contributed by atoms with Crippen LogP contribution in [0.3, 0.4) is 0 Å². The van der Waals surface area contributed by atoms with Crippen molar-refractivity contribution in [3.05, 3.63) is 52.3 Å². The topological polar surface area (TPSA) is 52.5 Å². The fourth-order valence-electron chi connectivity index (χ4n) is 2.00. The predicted molar refractivity (Wildman–Crippen MR) is 80.5 cm³/mol. The average Bonchev–Trinajstić information content (AvgIpc) is 2.43. The van der Waals surface area contributed by atoms with Crippen molar-refractivity contribution in [2.24, 2.45) is 0 Å². The van der Waals surface area contributed by atoms with Crippen LogP contribution in [-0.2, 0) is 0 Å². The lowest BCUT2D eigenvalue weighted by molar-refractivity contribution is 0.432. The molecule has 0 radical (unpaired) electrons. The van der Waals surface area contributed by atoms with Gasteiger partial charge in [0.1, 0.15) is 5.75 Å². The predicted octanol–water partition coefficient (Wildman–Crippen LogP) is 4.56. The maximum Gasteiger partial charge on any atom is 0.166 e. The monoisotopic (exact) mass is 339 g/mol. The van der Waals surface area contributed by atoms with Crippen LogP contribution < -0.4 is 5.32 Å². The van der Waals surface area contributed by atoms with Crippen LogP contribution in [0.5, 0.6) is 11.5 Å². The van der Waals surface area contributed by atoms with E-state index in [1.165, 1.54) is 12.1 Å². The molecule has 5 heteroatoms. The smallest absolute Gasteiger partial charge is 0.166 e. The van der Waals surface area contributed by atoms with Gasteiger partial charge in [0.2, 0.25) is 0 Å². The maximum absolute atomic E-state index is 13.3. The molecule has 1 unspecified atom stereocenters. The van der Waals surface area contributed by atoms with Crippen LogP contribution in [0.25, 0.3) is 0 Å². The molecule has 0 amide bonds. The van der Waals surface area contributed by atoms with Crippen LogP contribution in [0.2, 0.25) is 0 Å². The van der Waals surface area contributed by atoms with Crippen molar-refractivity contribution in [2.45, 2.75) is 19.4 Å². The van der Waals surface area contributed by atoms with Gasteiger partial charge in [0, 0.05) is 21.8 Å². The normalized spacial score (nSPS) is 12.2. The Morgan fingerprint density at radius 1 is 1.15 bits per heavy atom. The van der Waals surface area contributed by atoms with Crippen LogP contribution in [0, 0.1) is 5.82 Å². The van der Waals surface area contributed by atoms with Gasteiger partial charge < -0.3 is 15.5 Å². The van der Waals surface area contributed by atoms with Gasteiger partial charge in [-0.3, -0.25) is 0 Å². The first kappa shape index (κ1) is 14.7. The fraction of sp³-hybridized carbons (Fsp3) is 0.200. The molecule has 1 atom stereocenters. The van der Waals surface area contributed by atoms with E-state index >= 15 is 0 Å². The van der Waals surface area contributed by atoms with Gasteiger partial charge in [-0.05, 0) is 36.8 Å². The standard InChI is InChI=1S/C15H15BrFNO2/c1-2-13(11-7-9(16)3-5-14(11)19)18-10-4-6-15(20)12(17)8-10/h3-8,13,18-20H,2H2,1H3. The summed E-state index contributed by atoms with van der Waals surface area (Å²) in [4.78, 5) is 0. The first-order valence-corrected chi connectivity index (χ1v) is 7.04. The first-order valence-electron chi connectivity index (χ1n) is 6.24. The highest BCUT2D eigenvalue weighted by molar-refractivity contribution is 9.10. The molecule has 0 spiro atoms. The molecule has 3 N–H and O–H groups in total. The summed E-state index contributed by atoms with van der Waals surface area (Å²) < 4.78 is 14.2. The van der Waals surface area contributed by atoms with E-state index in [2.05, 4.69) is 21.2 Å². The lowest BCUT2D eigenvalue weighted by Crippen LogP contribution is -2.10.